The van der Waals surface area contributed by atoms with Gasteiger partial charge in [0, 0.05) is 4.90 Å². The van der Waals surface area contributed by atoms with Gasteiger partial charge in [0.15, 0.2) is 11.5 Å². The molecule has 0 aliphatic carbocycles. The average Bonchev–Trinajstić information content (AvgIpc) is 2.57. The molecule has 0 saturated carbocycles. The number of benzene rings is 2. The number of carbonyl (C=O) groups is 1. The van der Waals surface area contributed by atoms with Gasteiger partial charge in [0.05, 0.1) is 16.0 Å². The Bertz CT molecular complexity index is 771. The van der Waals surface area contributed by atoms with E-state index in [-0.39, 0.29) is 16.2 Å². The topological polar surface area (TPSA) is 47.6 Å². The number of rotatable bonds is 4. The monoisotopic (exact) mass is 367 g/mol. The lowest BCUT2D eigenvalue weighted by molar-refractivity contribution is -0.115. The number of hydrogen-bond acceptors (Lipinski definition) is 4. The number of amides is 1. The minimum atomic E-state index is -0.447. The summed E-state index contributed by atoms with van der Waals surface area (Å²) >= 11 is 7.31. The minimum Gasteiger partial charge on any atom is -0.486 e. The number of fused-ring (bicyclic) bond motifs is 1. The van der Waals surface area contributed by atoms with Crippen LogP contribution in [0.3, 0.4) is 0 Å². The maximum Gasteiger partial charge on any atom is 0.237 e. The van der Waals surface area contributed by atoms with Gasteiger partial charge in [0.25, 0.3) is 0 Å². The van der Waals surface area contributed by atoms with E-state index >= 15 is 0 Å². The molecule has 0 spiro atoms. The first-order valence-electron chi connectivity index (χ1n) is 7.35. The van der Waals surface area contributed by atoms with E-state index in [4.69, 9.17) is 21.1 Å². The van der Waals surface area contributed by atoms with E-state index in [0.29, 0.717) is 30.4 Å². The van der Waals surface area contributed by atoms with Crippen molar-refractivity contribution in [1.29, 1.82) is 0 Å². The van der Waals surface area contributed by atoms with Crippen molar-refractivity contribution in [3.05, 3.63) is 47.2 Å². The molecule has 0 bridgehead atoms. The number of nitrogens with one attached hydrogen (secondary N) is 1. The fraction of sp³-hybridized carbons (Fsp3) is 0.235. The molecule has 0 saturated heterocycles. The molecule has 0 aromatic heterocycles. The quantitative estimate of drug-likeness (QED) is 0.815. The third-order valence-electron chi connectivity index (χ3n) is 3.38. The fourth-order valence-corrected chi connectivity index (χ4v) is 3.29. The molecule has 1 aliphatic heterocycles. The van der Waals surface area contributed by atoms with Crippen LogP contribution in [-0.2, 0) is 4.79 Å². The Morgan fingerprint density at radius 2 is 1.96 bits per heavy atom. The summed E-state index contributed by atoms with van der Waals surface area (Å²) in [5.41, 5.74) is 0.387. The molecule has 1 N–H and O–H groups in total. The van der Waals surface area contributed by atoms with Gasteiger partial charge < -0.3 is 14.8 Å². The van der Waals surface area contributed by atoms with Crippen molar-refractivity contribution in [1.82, 2.24) is 0 Å². The lowest BCUT2D eigenvalue weighted by Gasteiger charge is -2.19. The number of carbonyl (C=O) groups excluding carboxylic acids is 1. The lowest BCUT2D eigenvalue weighted by Crippen LogP contribution is -2.22. The molecule has 1 heterocycles. The fourth-order valence-electron chi connectivity index (χ4n) is 2.18. The smallest absolute Gasteiger partial charge is 0.237 e. The Morgan fingerprint density at radius 3 is 2.71 bits per heavy atom. The minimum absolute atomic E-state index is 0.167. The summed E-state index contributed by atoms with van der Waals surface area (Å²) in [5.74, 6) is 0.723. The van der Waals surface area contributed by atoms with Gasteiger partial charge in [0.1, 0.15) is 19.0 Å². The van der Waals surface area contributed by atoms with Crippen LogP contribution in [0, 0.1) is 5.82 Å². The number of ether oxygens (including phenoxy) is 2. The second-order valence-corrected chi connectivity index (χ2v) is 7.00. The molecule has 0 fully saturated rings. The molecular weight excluding hydrogens is 353 g/mol. The van der Waals surface area contributed by atoms with Gasteiger partial charge in [-0.2, -0.15) is 0 Å². The van der Waals surface area contributed by atoms with Crippen LogP contribution in [0.1, 0.15) is 6.92 Å². The third kappa shape index (κ3) is 3.94. The number of hydrogen-bond donors (Lipinski definition) is 1. The van der Waals surface area contributed by atoms with E-state index < -0.39 is 5.82 Å². The molecule has 1 aliphatic rings. The predicted molar refractivity (Wildman–Crippen MR) is 92.8 cm³/mol. The van der Waals surface area contributed by atoms with Crippen LogP contribution in [-0.4, -0.2) is 24.4 Å². The molecule has 2 aromatic rings. The summed E-state index contributed by atoms with van der Waals surface area (Å²) in [6.07, 6.45) is 0. The van der Waals surface area contributed by atoms with Crippen molar-refractivity contribution in [2.75, 3.05) is 18.5 Å². The van der Waals surface area contributed by atoms with Gasteiger partial charge in [-0.3, -0.25) is 4.79 Å². The molecule has 1 unspecified atom stereocenters. The summed E-state index contributed by atoms with van der Waals surface area (Å²) < 4.78 is 24.1. The first kappa shape index (κ1) is 16.9. The number of halogens is 2. The van der Waals surface area contributed by atoms with Crippen LogP contribution in [0.2, 0.25) is 5.02 Å². The lowest BCUT2D eigenvalue weighted by atomic mass is 10.3. The van der Waals surface area contributed by atoms with Crippen molar-refractivity contribution >= 4 is 35.0 Å². The first-order valence-corrected chi connectivity index (χ1v) is 8.61. The molecule has 24 heavy (non-hydrogen) atoms. The van der Waals surface area contributed by atoms with Gasteiger partial charge in [-0.1, -0.05) is 11.6 Å². The Hall–Kier alpha value is -1.92. The molecule has 4 nitrogen and oxygen atoms in total. The van der Waals surface area contributed by atoms with Gasteiger partial charge in [0.2, 0.25) is 5.91 Å². The maximum absolute atomic E-state index is 13.0. The molecule has 0 radical (unpaired) electrons. The summed E-state index contributed by atoms with van der Waals surface area (Å²) in [7, 11) is 0. The summed E-state index contributed by atoms with van der Waals surface area (Å²) in [6.45, 7) is 2.84. The second-order valence-electron chi connectivity index (χ2n) is 5.18. The third-order valence-corrected chi connectivity index (χ3v) is 4.79. The van der Waals surface area contributed by atoms with Crippen LogP contribution in [0.5, 0.6) is 11.5 Å². The Balaban J connectivity index is 1.65. The molecule has 3 rings (SSSR count). The van der Waals surface area contributed by atoms with Crippen molar-refractivity contribution < 1.29 is 18.7 Å². The molecule has 126 valence electrons. The Labute approximate surface area is 148 Å². The highest BCUT2D eigenvalue weighted by Crippen LogP contribution is 2.35. The SMILES string of the molecule is CC(Sc1ccc2c(c1)OCCO2)C(=O)Nc1ccc(F)cc1Cl. The zero-order chi connectivity index (χ0) is 17.1. The standard InChI is InChI=1S/C17H15ClFNO3S/c1-10(17(21)20-14-4-2-11(19)8-13(14)18)24-12-3-5-15-16(9-12)23-7-6-22-15/h2-5,8-10H,6-7H2,1H3,(H,20,21). The number of anilines is 1. The summed E-state index contributed by atoms with van der Waals surface area (Å²) in [6, 6.07) is 9.42. The van der Waals surface area contributed by atoms with E-state index in [9.17, 15) is 9.18 Å². The van der Waals surface area contributed by atoms with Crippen LogP contribution in [0.25, 0.3) is 0 Å². The maximum atomic E-state index is 13.0. The van der Waals surface area contributed by atoms with Crippen LogP contribution in [0.15, 0.2) is 41.3 Å². The van der Waals surface area contributed by atoms with Crippen molar-refractivity contribution in [2.45, 2.75) is 17.1 Å². The zero-order valence-corrected chi connectivity index (χ0v) is 14.4. The van der Waals surface area contributed by atoms with Crippen molar-refractivity contribution in [2.24, 2.45) is 0 Å². The predicted octanol–water partition coefficient (Wildman–Crippen LogP) is 4.37. The summed E-state index contributed by atoms with van der Waals surface area (Å²) in [5, 5.41) is 2.51. The molecule has 1 amide bonds. The van der Waals surface area contributed by atoms with Gasteiger partial charge in [-0.05, 0) is 43.3 Å². The van der Waals surface area contributed by atoms with E-state index in [1.165, 1.54) is 23.9 Å². The first-order chi connectivity index (χ1) is 11.5. The van der Waals surface area contributed by atoms with Crippen LogP contribution < -0.4 is 14.8 Å². The van der Waals surface area contributed by atoms with E-state index in [1.54, 1.807) is 6.92 Å². The highest BCUT2D eigenvalue weighted by molar-refractivity contribution is 8.00. The van der Waals surface area contributed by atoms with E-state index in [0.717, 1.165) is 11.0 Å². The molecule has 2 aromatic carbocycles. The van der Waals surface area contributed by atoms with E-state index in [2.05, 4.69) is 5.32 Å². The van der Waals surface area contributed by atoms with Gasteiger partial charge >= 0.3 is 0 Å². The van der Waals surface area contributed by atoms with Gasteiger partial charge in [-0.15, -0.1) is 11.8 Å². The Morgan fingerprint density at radius 1 is 1.21 bits per heavy atom. The normalized spacial score (nSPS) is 14.1. The molecule has 7 heteroatoms. The van der Waals surface area contributed by atoms with Crippen molar-refractivity contribution in [3.63, 3.8) is 0 Å². The summed E-state index contributed by atoms with van der Waals surface area (Å²) in [4.78, 5) is 13.2. The van der Waals surface area contributed by atoms with Crippen LogP contribution >= 0.6 is 23.4 Å². The van der Waals surface area contributed by atoms with Crippen molar-refractivity contribution in [3.8, 4) is 11.5 Å². The zero-order valence-electron chi connectivity index (χ0n) is 12.8. The van der Waals surface area contributed by atoms with Gasteiger partial charge in [-0.25, -0.2) is 4.39 Å². The average molecular weight is 368 g/mol. The second kappa shape index (κ2) is 7.32. The van der Waals surface area contributed by atoms with E-state index in [1.807, 2.05) is 18.2 Å². The van der Waals surface area contributed by atoms with Crippen LogP contribution in [0.4, 0.5) is 10.1 Å². The molecule has 1 atom stereocenters. The highest BCUT2D eigenvalue weighted by atomic mass is 35.5. The Kier molecular flexibility index (Phi) is 5.16. The number of thioether (sulfide) groups is 1. The molecular formula is C17H15ClFNO3S. The largest absolute Gasteiger partial charge is 0.486 e. The highest BCUT2D eigenvalue weighted by Gasteiger charge is 2.18.